The maximum absolute atomic E-state index is 12.6. The monoisotopic (exact) mass is 369 g/mol. The predicted molar refractivity (Wildman–Crippen MR) is 97.5 cm³/mol. The molecule has 0 bridgehead atoms. The Labute approximate surface area is 149 Å². The number of methoxy groups -OCH3 is 1. The fourth-order valence-corrected chi connectivity index (χ4v) is 4.53. The van der Waals surface area contributed by atoms with Gasteiger partial charge < -0.3 is 19.9 Å². The van der Waals surface area contributed by atoms with E-state index in [0.717, 1.165) is 11.3 Å². The van der Waals surface area contributed by atoms with Crippen LogP contribution < -0.4 is 10.1 Å². The lowest BCUT2D eigenvalue weighted by Gasteiger charge is -2.29. The molecule has 1 atom stereocenters. The van der Waals surface area contributed by atoms with Gasteiger partial charge in [0, 0.05) is 25.7 Å². The van der Waals surface area contributed by atoms with E-state index in [1.807, 2.05) is 43.3 Å². The van der Waals surface area contributed by atoms with Gasteiger partial charge in [0.2, 0.25) is 0 Å². The van der Waals surface area contributed by atoms with Crippen LogP contribution in [0.5, 0.6) is 5.75 Å². The van der Waals surface area contributed by atoms with Gasteiger partial charge in [-0.1, -0.05) is 12.1 Å². The Bertz CT molecular complexity index is 674. The molecule has 1 unspecified atom stereocenters. The number of carbonyl (C=O) groups is 1. The van der Waals surface area contributed by atoms with Gasteiger partial charge in [-0.2, -0.15) is 0 Å². The second-order valence-corrected chi connectivity index (χ2v) is 8.79. The number of hydrogen-bond donors (Lipinski definition) is 1. The van der Waals surface area contributed by atoms with Crippen molar-refractivity contribution in [2.45, 2.75) is 19.0 Å². The van der Waals surface area contributed by atoms with Gasteiger partial charge in [-0.05, 0) is 38.2 Å². The highest BCUT2D eigenvalue weighted by molar-refractivity contribution is 7.91. The number of nitrogens with zero attached hydrogens (tertiary/aromatic N) is 2. The second kappa shape index (κ2) is 8.53. The molecule has 1 N–H and O–H groups in total. The number of ether oxygens (including phenoxy) is 1. The summed E-state index contributed by atoms with van der Waals surface area (Å²) in [6.07, 6.45) is 0.506. The number of benzene rings is 1. The summed E-state index contributed by atoms with van der Waals surface area (Å²) in [5.41, 5.74) is 0.959. The molecule has 0 radical (unpaired) electrons. The first-order valence-electron chi connectivity index (χ1n) is 8.33. The molecule has 0 aromatic heterocycles. The van der Waals surface area contributed by atoms with Crippen molar-refractivity contribution in [1.82, 2.24) is 15.1 Å². The fourth-order valence-electron chi connectivity index (χ4n) is 2.80. The largest absolute Gasteiger partial charge is 0.497 e. The molecule has 7 nitrogen and oxygen atoms in total. The van der Waals surface area contributed by atoms with Gasteiger partial charge in [-0.25, -0.2) is 13.2 Å². The topological polar surface area (TPSA) is 79.0 Å². The van der Waals surface area contributed by atoms with E-state index in [-0.39, 0.29) is 23.6 Å². The molecule has 1 fully saturated rings. The zero-order valence-corrected chi connectivity index (χ0v) is 15.9. The van der Waals surface area contributed by atoms with Crippen LogP contribution in [0.4, 0.5) is 4.79 Å². The first kappa shape index (κ1) is 19.5. The second-order valence-electron chi connectivity index (χ2n) is 6.56. The Hall–Kier alpha value is -1.80. The number of rotatable bonds is 7. The molecule has 1 heterocycles. The van der Waals surface area contributed by atoms with Crippen molar-refractivity contribution < 1.29 is 17.9 Å². The van der Waals surface area contributed by atoms with E-state index < -0.39 is 9.84 Å². The summed E-state index contributed by atoms with van der Waals surface area (Å²) in [4.78, 5) is 16.3. The molecular weight excluding hydrogens is 342 g/mol. The van der Waals surface area contributed by atoms with E-state index in [2.05, 4.69) is 5.32 Å². The van der Waals surface area contributed by atoms with E-state index in [0.29, 0.717) is 26.1 Å². The Kier molecular flexibility index (Phi) is 6.66. The van der Waals surface area contributed by atoms with Crippen molar-refractivity contribution in [2.24, 2.45) is 0 Å². The molecule has 1 aromatic carbocycles. The summed E-state index contributed by atoms with van der Waals surface area (Å²) >= 11 is 0. The van der Waals surface area contributed by atoms with Crippen LogP contribution in [0.1, 0.15) is 12.0 Å². The van der Waals surface area contributed by atoms with E-state index in [1.165, 1.54) is 0 Å². The van der Waals surface area contributed by atoms with Gasteiger partial charge in [0.15, 0.2) is 9.84 Å². The van der Waals surface area contributed by atoms with Crippen LogP contribution >= 0.6 is 0 Å². The highest BCUT2D eigenvalue weighted by Gasteiger charge is 2.34. The van der Waals surface area contributed by atoms with Crippen molar-refractivity contribution in [3.8, 4) is 5.75 Å². The normalized spacial score (nSPS) is 19.0. The Morgan fingerprint density at radius 2 is 1.92 bits per heavy atom. The van der Waals surface area contributed by atoms with Crippen LogP contribution in [0.3, 0.4) is 0 Å². The van der Waals surface area contributed by atoms with Crippen LogP contribution in [0.2, 0.25) is 0 Å². The van der Waals surface area contributed by atoms with Crippen LogP contribution in [0.15, 0.2) is 24.3 Å². The molecular formula is C17H27N3O4S. The summed E-state index contributed by atoms with van der Waals surface area (Å²) in [7, 11) is 2.43. The first-order valence-corrected chi connectivity index (χ1v) is 10.2. The average Bonchev–Trinajstić information content (AvgIpc) is 2.93. The molecule has 1 aliphatic heterocycles. The van der Waals surface area contributed by atoms with Gasteiger partial charge in [-0.15, -0.1) is 0 Å². The van der Waals surface area contributed by atoms with Crippen LogP contribution in [0.25, 0.3) is 0 Å². The lowest BCUT2D eigenvalue weighted by atomic mass is 10.2. The Balaban J connectivity index is 1.98. The van der Waals surface area contributed by atoms with E-state index in [1.54, 1.807) is 12.0 Å². The zero-order chi connectivity index (χ0) is 18.4. The number of amides is 2. The Morgan fingerprint density at radius 3 is 2.44 bits per heavy atom. The number of hydrogen-bond acceptors (Lipinski definition) is 5. The third-order valence-electron chi connectivity index (χ3n) is 4.30. The van der Waals surface area contributed by atoms with Crippen LogP contribution in [-0.2, 0) is 16.4 Å². The van der Waals surface area contributed by atoms with Crippen molar-refractivity contribution in [2.75, 3.05) is 45.8 Å². The highest BCUT2D eigenvalue weighted by atomic mass is 32.2. The number of likely N-dealkylation sites (N-methyl/N-ethyl adjacent to an activating group) is 1. The quantitative estimate of drug-likeness (QED) is 0.774. The van der Waals surface area contributed by atoms with Crippen molar-refractivity contribution in [3.05, 3.63) is 29.8 Å². The van der Waals surface area contributed by atoms with E-state index in [4.69, 9.17) is 4.74 Å². The lowest BCUT2D eigenvalue weighted by molar-refractivity contribution is 0.172. The maximum atomic E-state index is 12.6. The predicted octanol–water partition coefficient (Wildman–Crippen LogP) is 0.956. The third-order valence-corrected chi connectivity index (χ3v) is 6.05. The minimum atomic E-state index is -3.04. The molecule has 25 heavy (non-hydrogen) atoms. The number of sulfone groups is 1. The number of nitrogens with one attached hydrogen (secondary N) is 1. The summed E-state index contributed by atoms with van der Waals surface area (Å²) in [5.74, 6) is 0.969. The van der Waals surface area contributed by atoms with Crippen molar-refractivity contribution in [1.29, 1.82) is 0 Å². The molecule has 1 aliphatic rings. The zero-order valence-electron chi connectivity index (χ0n) is 15.1. The Morgan fingerprint density at radius 1 is 1.24 bits per heavy atom. The number of carbonyl (C=O) groups excluding carboxylic acids is 1. The first-order chi connectivity index (χ1) is 11.8. The van der Waals surface area contributed by atoms with E-state index in [9.17, 15) is 13.2 Å². The fraction of sp³-hybridized carbons (Fsp3) is 0.588. The summed E-state index contributed by atoms with van der Waals surface area (Å²) in [6.45, 7) is 1.58. The molecule has 2 rings (SSSR count). The van der Waals surface area contributed by atoms with Gasteiger partial charge in [0.25, 0.3) is 0 Å². The van der Waals surface area contributed by atoms with Crippen molar-refractivity contribution in [3.63, 3.8) is 0 Å². The molecule has 2 amide bonds. The number of urea groups is 1. The highest BCUT2D eigenvalue weighted by Crippen LogP contribution is 2.18. The van der Waals surface area contributed by atoms with E-state index >= 15 is 0 Å². The lowest BCUT2D eigenvalue weighted by Crippen LogP contribution is -2.49. The molecule has 8 heteroatoms. The summed E-state index contributed by atoms with van der Waals surface area (Å²) < 4.78 is 28.6. The molecule has 1 aromatic rings. The molecule has 0 spiro atoms. The smallest absolute Gasteiger partial charge is 0.317 e. The van der Waals surface area contributed by atoms with Gasteiger partial charge in [-0.3, -0.25) is 0 Å². The minimum absolute atomic E-state index is 0.0520. The molecule has 0 aliphatic carbocycles. The summed E-state index contributed by atoms with van der Waals surface area (Å²) in [6, 6.07) is 7.00. The minimum Gasteiger partial charge on any atom is -0.497 e. The molecule has 140 valence electrons. The van der Waals surface area contributed by atoms with Crippen molar-refractivity contribution >= 4 is 15.9 Å². The van der Waals surface area contributed by atoms with Gasteiger partial charge >= 0.3 is 6.03 Å². The summed E-state index contributed by atoms with van der Waals surface area (Å²) in [5, 5.41) is 2.90. The van der Waals surface area contributed by atoms with Crippen LogP contribution in [0, 0.1) is 0 Å². The third kappa shape index (κ3) is 5.89. The molecule has 1 saturated heterocycles. The molecule has 0 saturated carbocycles. The standard InChI is InChI=1S/C17H27N3O4S/c1-19(2)9-10-20(15-8-11-25(22,23)13-15)17(21)18-12-14-4-6-16(24-3)7-5-14/h4-7,15H,8-13H2,1-3H3,(H,18,21). The maximum Gasteiger partial charge on any atom is 0.317 e. The average molecular weight is 369 g/mol. The SMILES string of the molecule is COc1ccc(CNC(=O)N(CCN(C)C)C2CCS(=O)(=O)C2)cc1. The van der Waals surface area contributed by atoms with Crippen LogP contribution in [-0.4, -0.2) is 76.1 Å². The van der Waals surface area contributed by atoms with Gasteiger partial charge in [0.1, 0.15) is 5.75 Å². The van der Waals surface area contributed by atoms with Gasteiger partial charge in [0.05, 0.1) is 18.6 Å².